The van der Waals surface area contributed by atoms with Crippen molar-refractivity contribution in [2.45, 2.75) is 19.8 Å². The van der Waals surface area contributed by atoms with Gasteiger partial charge in [0.1, 0.15) is 11.5 Å². The number of pyridine rings is 1. The van der Waals surface area contributed by atoms with Crippen molar-refractivity contribution in [3.8, 4) is 0 Å². The summed E-state index contributed by atoms with van der Waals surface area (Å²) in [6, 6.07) is 7.80. The number of hydrogen-bond acceptors (Lipinski definition) is 2. The van der Waals surface area contributed by atoms with Gasteiger partial charge < -0.3 is 9.88 Å². The molecular weight excluding hydrogens is 271 g/mol. The molecule has 1 aromatic carbocycles. The van der Waals surface area contributed by atoms with E-state index in [0.717, 1.165) is 11.1 Å². The molecule has 1 N–H and O–H groups in total. The van der Waals surface area contributed by atoms with Gasteiger partial charge in [-0.15, -0.1) is 0 Å². The smallest absolute Gasteiger partial charge is 0.274 e. The van der Waals surface area contributed by atoms with Gasteiger partial charge in [0.2, 0.25) is 5.91 Å². The molecule has 21 heavy (non-hydrogen) atoms. The van der Waals surface area contributed by atoms with Crippen LogP contribution in [0.1, 0.15) is 17.5 Å². The molecule has 1 aromatic heterocycles. The van der Waals surface area contributed by atoms with Gasteiger partial charge in [-0.2, -0.15) is 0 Å². The second-order valence-corrected chi connectivity index (χ2v) is 4.96. The summed E-state index contributed by atoms with van der Waals surface area (Å²) >= 11 is 0. The lowest BCUT2D eigenvalue weighted by atomic mass is 10.1. The molecule has 0 bridgehead atoms. The van der Waals surface area contributed by atoms with Crippen LogP contribution in [0.4, 0.5) is 10.1 Å². The summed E-state index contributed by atoms with van der Waals surface area (Å²) in [5, 5.41) is 2.65. The molecule has 2 rings (SSSR count). The van der Waals surface area contributed by atoms with Gasteiger partial charge in [0.25, 0.3) is 5.56 Å². The Bertz CT molecular complexity index is 705. The number of carbonyl (C=O) groups is 1. The van der Waals surface area contributed by atoms with Crippen LogP contribution in [0, 0.1) is 12.7 Å². The predicted octanol–water partition coefficient (Wildman–Crippen LogP) is 2.40. The van der Waals surface area contributed by atoms with E-state index in [9.17, 15) is 14.0 Å². The molecule has 0 unspecified atom stereocenters. The van der Waals surface area contributed by atoms with Crippen LogP contribution in [-0.4, -0.2) is 10.5 Å². The quantitative estimate of drug-likeness (QED) is 0.939. The van der Waals surface area contributed by atoms with Crippen LogP contribution in [-0.2, 0) is 18.3 Å². The maximum Gasteiger partial charge on any atom is 0.274 e. The zero-order valence-electron chi connectivity index (χ0n) is 12.0. The van der Waals surface area contributed by atoms with Crippen LogP contribution in [0.15, 0.2) is 41.3 Å². The Balaban J connectivity index is 2.01. The Hall–Kier alpha value is -2.43. The summed E-state index contributed by atoms with van der Waals surface area (Å²) in [5.74, 6) is -0.530. The fourth-order valence-corrected chi connectivity index (χ4v) is 1.98. The second kappa shape index (κ2) is 6.35. The number of benzene rings is 1. The SMILES string of the molecule is Cc1ccn(C)c(=O)c1NC(=O)CCc1ccc(F)cc1. The molecule has 0 aliphatic rings. The molecule has 5 heteroatoms. The molecular formula is C16H17FN2O2. The fourth-order valence-electron chi connectivity index (χ4n) is 1.98. The Morgan fingerprint density at radius 1 is 1.24 bits per heavy atom. The lowest BCUT2D eigenvalue weighted by molar-refractivity contribution is -0.116. The third kappa shape index (κ3) is 3.78. The van der Waals surface area contributed by atoms with E-state index in [-0.39, 0.29) is 23.7 Å². The minimum absolute atomic E-state index is 0.231. The maximum absolute atomic E-state index is 12.8. The highest BCUT2D eigenvalue weighted by atomic mass is 19.1. The third-order valence-electron chi connectivity index (χ3n) is 3.30. The number of rotatable bonds is 4. The molecule has 110 valence electrons. The van der Waals surface area contributed by atoms with Crippen molar-refractivity contribution in [3.05, 3.63) is 63.8 Å². The largest absolute Gasteiger partial charge is 0.321 e. The lowest BCUT2D eigenvalue weighted by Crippen LogP contribution is -2.25. The van der Waals surface area contributed by atoms with E-state index in [2.05, 4.69) is 5.32 Å². The minimum Gasteiger partial charge on any atom is -0.321 e. The zero-order chi connectivity index (χ0) is 15.4. The number of nitrogens with zero attached hydrogens (tertiary/aromatic N) is 1. The first kappa shape index (κ1) is 15.0. The van der Waals surface area contributed by atoms with Crippen molar-refractivity contribution in [2.75, 3.05) is 5.32 Å². The van der Waals surface area contributed by atoms with Crippen molar-refractivity contribution in [2.24, 2.45) is 7.05 Å². The average molecular weight is 288 g/mol. The maximum atomic E-state index is 12.8. The summed E-state index contributed by atoms with van der Waals surface area (Å²) < 4.78 is 14.2. The Morgan fingerprint density at radius 3 is 2.57 bits per heavy atom. The molecule has 0 saturated heterocycles. The molecule has 4 nitrogen and oxygen atoms in total. The van der Waals surface area contributed by atoms with Gasteiger partial charge in [-0.3, -0.25) is 9.59 Å². The number of anilines is 1. The molecule has 0 spiro atoms. The molecule has 0 fully saturated rings. The first-order valence-electron chi connectivity index (χ1n) is 6.68. The van der Waals surface area contributed by atoms with Crippen molar-refractivity contribution < 1.29 is 9.18 Å². The summed E-state index contributed by atoms with van der Waals surface area (Å²) in [6.07, 6.45) is 2.40. The number of amides is 1. The Labute approximate surface area is 122 Å². The van der Waals surface area contributed by atoms with Gasteiger partial charge in [-0.25, -0.2) is 4.39 Å². The fraction of sp³-hybridized carbons (Fsp3) is 0.250. The predicted molar refractivity (Wildman–Crippen MR) is 79.8 cm³/mol. The van der Waals surface area contributed by atoms with Gasteiger partial charge in [-0.05, 0) is 42.7 Å². The standard InChI is InChI=1S/C16H17FN2O2/c1-11-9-10-19(2)16(21)15(11)18-14(20)8-5-12-3-6-13(17)7-4-12/h3-4,6-7,9-10H,5,8H2,1-2H3,(H,18,20). The van der Waals surface area contributed by atoms with Crippen LogP contribution >= 0.6 is 0 Å². The summed E-state index contributed by atoms with van der Waals surface area (Å²) in [7, 11) is 1.63. The second-order valence-electron chi connectivity index (χ2n) is 4.96. The van der Waals surface area contributed by atoms with Crippen molar-refractivity contribution in [3.63, 3.8) is 0 Å². The first-order valence-corrected chi connectivity index (χ1v) is 6.68. The zero-order valence-corrected chi connectivity index (χ0v) is 12.0. The molecule has 0 saturated carbocycles. The third-order valence-corrected chi connectivity index (χ3v) is 3.30. The van der Waals surface area contributed by atoms with E-state index in [1.807, 2.05) is 0 Å². The van der Waals surface area contributed by atoms with Crippen molar-refractivity contribution in [1.29, 1.82) is 0 Å². The van der Waals surface area contributed by atoms with E-state index in [1.54, 1.807) is 38.4 Å². The normalized spacial score (nSPS) is 10.4. The molecule has 1 heterocycles. The van der Waals surface area contributed by atoms with Crippen LogP contribution < -0.4 is 10.9 Å². The number of aromatic nitrogens is 1. The first-order chi connectivity index (χ1) is 9.97. The average Bonchev–Trinajstić information content (AvgIpc) is 2.47. The molecule has 1 amide bonds. The summed E-state index contributed by atoms with van der Waals surface area (Å²) in [5.41, 5.74) is 1.69. The molecule has 0 aliphatic carbocycles. The molecule has 2 aromatic rings. The topological polar surface area (TPSA) is 51.1 Å². The summed E-state index contributed by atoms with van der Waals surface area (Å²) in [4.78, 5) is 23.9. The van der Waals surface area contributed by atoms with E-state index < -0.39 is 0 Å². The lowest BCUT2D eigenvalue weighted by Gasteiger charge is -2.09. The van der Waals surface area contributed by atoms with Crippen molar-refractivity contribution >= 4 is 11.6 Å². The number of halogens is 1. The van der Waals surface area contributed by atoms with E-state index in [4.69, 9.17) is 0 Å². The highest BCUT2D eigenvalue weighted by Gasteiger charge is 2.09. The number of nitrogens with one attached hydrogen (secondary N) is 1. The number of hydrogen-bond donors (Lipinski definition) is 1. The van der Waals surface area contributed by atoms with Gasteiger partial charge >= 0.3 is 0 Å². The van der Waals surface area contributed by atoms with Gasteiger partial charge in [0.05, 0.1) is 0 Å². The van der Waals surface area contributed by atoms with Gasteiger partial charge in [0.15, 0.2) is 0 Å². The van der Waals surface area contributed by atoms with E-state index >= 15 is 0 Å². The monoisotopic (exact) mass is 288 g/mol. The van der Waals surface area contributed by atoms with Crippen LogP contribution in [0.25, 0.3) is 0 Å². The van der Waals surface area contributed by atoms with E-state index in [0.29, 0.717) is 12.1 Å². The van der Waals surface area contributed by atoms with Gasteiger partial charge in [-0.1, -0.05) is 12.1 Å². The number of carbonyl (C=O) groups excluding carboxylic acids is 1. The van der Waals surface area contributed by atoms with Crippen molar-refractivity contribution in [1.82, 2.24) is 4.57 Å². The molecule has 0 aliphatic heterocycles. The van der Waals surface area contributed by atoms with Gasteiger partial charge in [0, 0.05) is 19.7 Å². The minimum atomic E-state index is -0.299. The number of aryl methyl sites for hydroxylation is 3. The Morgan fingerprint density at radius 2 is 1.90 bits per heavy atom. The highest BCUT2D eigenvalue weighted by Crippen LogP contribution is 2.10. The van der Waals surface area contributed by atoms with Crippen LogP contribution in [0.3, 0.4) is 0 Å². The highest BCUT2D eigenvalue weighted by molar-refractivity contribution is 5.91. The molecule has 0 atom stereocenters. The van der Waals surface area contributed by atoms with Crippen LogP contribution in [0.5, 0.6) is 0 Å². The summed E-state index contributed by atoms with van der Waals surface area (Å²) in [6.45, 7) is 1.77. The van der Waals surface area contributed by atoms with E-state index in [1.165, 1.54) is 16.7 Å². The Kier molecular flexibility index (Phi) is 4.52. The van der Waals surface area contributed by atoms with Crippen LogP contribution in [0.2, 0.25) is 0 Å². The molecule has 0 radical (unpaired) electrons.